The average molecular weight is 252 g/mol. The molecule has 1 aromatic heterocycles. The van der Waals surface area contributed by atoms with E-state index < -0.39 is 0 Å². The van der Waals surface area contributed by atoms with E-state index in [1.54, 1.807) is 6.07 Å². The molecule has 0 spiro atoms. The molecule has 0 aliphatic heterocycles. The minimum atomic E-state index is -0.0712. The van der Waals surface area contributed by atoms with E-state index in [9.17, 15) is 4.79 Å². The lowest BCUT2D eigenvalue weighted by atomic mass is 10.1. The molecule has 1 aromatic rings. The monoisotopic (exact) mass is 252 g/mol. The highest BCUT2D eigenvalue weighted by atomic mass is 32.1. The second-order valence-corrected chi connectivity index (χ2v) is 5.06. The van der Waals surface area contributed by atoms with Gasteiger partial charge in [0, 0.05) is 11.7 Å². The van der Waals surface area contributed by atoms with Crippen molar-refractivity contribution in [2.24, 2.45) is 5.73 Å². The summed E-state index contributed by atoms with van der Waals surface area (Å²) in [5, 5.41) is 0. The van der Waals surface area contributed by atoms with Crippen LogP contribution in [0.25, 0.3) is 0 Å². The van der Waals surface area contributed by atoms with Crippen molar-refractivity contribution in [3.63, 3.8) is 0 Å². The van der Waals surface area contributed by atoms with Crippen LogP contribution in [0, 0.1) is 0 Å². The van der Waals surface area contributed by atoms with Gasteiger partial charge >= 0.3 is 0 Å². The third kappa shape index (κ3) is 2.75. The Kier molecular flexibility index (Phi) is 4.46. The second kappa shape index (κ2) is 5.45. The second-order valence-electron chi connectivity index (χ2n) is 4.62. The molecular formula is C13H20N2OS. The highest BCUT2D eigenvalue weighted by Crippen LogP contribution is 2.18. The number of thiocarbonyl (C=S) groups is 1. The van der Waals surface area contributed by atoms with E-state index in [0.717, 1.165) is 12.1 Å². The molecular weight excluding hydrogens is 232 g/mol. The van der Waals surface area contributed by atoms with Crippen LogP contribution in [-0.4, -0.2) is 9.56 Å². The standard InChI is InChI=1S/C13H20N2OS/c1-5-9(4)15-11(8(2)3)7-6-10(12(14)17)13(15)16/h6-9H,5H2,1-4H3,(H2,14,17). The lowest BCUT2D eigenvalue weighted by Gasteiger charge is -2.21. The van der Waals surface area contributed by atoms with Gasteiger partial charge in [-0.3, -0.25) is 4.79 Å². The Hall–Kier alpha value is -1.16. The number of hydrogen-bond donors (Lipinski definition) is 1. The Balaban J connectivity index is 3.53. The number of nitrogens with two attached hydrogens (primary N) is 1. The smallest absolute Gasteiger partial charge is 0.261 e. The van der Waals surface area contributed by atoms with Gasteiger partial charge in [-0.25, -0.2) is 0 Å². The van der Waals surface area contributed by atoms with Crippen molar-refractivity contribution in [1.82, 2.24) is 4.57 Å². The Morgan fingerprint density at radius 2 is 2.00 bits per heavy atom. The zero-order chi connectivity index (χ0) is 13.2. The van der Waals surface area contributed by atoms with E-state index in [-0.39, 0.29) is 16.6 Å². The summed E-state index contributed by atoms with van der Waals surface area (Å²) in [5.74, 6) is 0.303. The summed E-state index contributed by atoms with van der Waals surface area (Å²) in [6.45, 7) is 8.26. The predicted octanol–water partition coefficient (Wildman–Crippen LogP) is 2.58. The fourth-order valence-corrected chi connectivity index (χ4v) is 2.02. The summed E-state index contributed by atoms with van der Waals surface area (Å²) in [7, 11) is 0. The summed E-state index contributed by atoms with van der Waals surface area (Å²) in [6.07, 6.45) is 0.903. The zero-order valence-corrected chi connectivity index (χ0v) is 11.7. The maximum atomic E-state index is 12.3. The Bertz CT molecular complexity index is 477. The SMILES string of the molecule is CCC(C)n1c(C(C)C)ccc(C(N)=S)c1=O. The summed E-state index contributed by atoms with van der Waals surface area (Å²) in [6, 6.07) is 3.85. The molecule has 94 valence electrons. The first-order valence-electron chi connectivity index (χ1n) is 5.95. The van der Waals surface area contributed by atoms with Crippen LogP contribution in [0.3, 0.4) is 0 Å². The van der Waals surface area contributed by atoms with Crippen LogP contribution < -0.4 is 11.3 Å². The summed E-state index contributed by atoms with van der Waals surface area (Å²) < 4.78 is 1.82. The van der Waals surface area contributed by atoms with Crippen molar-refractivity contribution >= 4 is 17.2 Å². The average Bonchev–Trinajstić information content (AvgIpc) is 2.26. The highest BCUT2D eigenvalue weighted by Gasteiger charge is 2.16. The van der Waals surface area contributed by atoms with Crippen molar-refractivity contribution in [3.8, 4) is 0 Å². The lowest BCUT2D eigenvalue weighted by molar-refractivity contribution is 0.483. The predicted molar refractivity (Wildman–Crippen MR) is 75.7 cm³/mol. The first-order valence-corrected chi connectivity index (χ1v) is 6.36. The molecule has 0 bridgehead atoms. The van der Waals surface area contributed by atoms with Crippen molar-refractivity contribution < 1.29 is 0 Å². The first-order chi connectivity index (χ1) is 7.90. The van der Waals surface area contributed by atoms with Gasteiger partial charge in [0.05, 0.1) is 5.56 Å². The minimum absolute atomic E-state index is 0.0712. The maximum Gasteiger partial charge on any atom is 0.261 e. The summed E-state index contributed by atoms with van der Waals surface area (Å²) in [5.41, 5.74) is 6.96. The third-order valence-corrected chi connectivity index (χ3v) is 3.26. The molecule has 0 aliphatic carbocycles. The van der Waals surface area contributed by atoms with Crippen LogP contribution in [-0.2, 0) is 0 Å². The van der Waals surface area contributed by atoms with Gasteiger partial charge in [-0.2, -0.15) is 0 Å². The van der Waals surface area contributed by atoms with Gasteiger partial charge in [0.1, 0.15) is 4.99 Å². The van der Waals surface area contributed by atoms with Crippen molar-refractivity contribution in [2.75, 3.05) is 0 Å². The Labute approximate surface area is 108 Å². The van der Waals surface area contributed by atoms with Gasteiger partial charge in [-0.05, 0) is 31.4 Å². The molecule has 1 atom stereocenters. The molecule has 0 saturated carbocycles. The van der Waals surface area contributed by atoms with Crippen LogP contribution in [0.2, 0.25) is 0 Å². The largest absolute Gasteiger partial charge is 0.389 e. The molecule has 1 rings (SSSR count). The van der Waals surface area contributed by atoms with E-state index >= 15 is 0 Å². The third-order valence-electron chi connectivity index (χ3n) is 3.04. The molecule has 2 N–H and O–H groups in total. The molecule has 3 nitrogen and oxygen atoms in total. The Morgan fingerprint density at radius 1 is 1.41 bits per heavy atom. The van der Waals surface area contributed by atoms with Crippen LogP contribution in [0.1, 0.15) is 57.3 Å². The summed E-state index contributed by atoms with van der Waals surface area (Å²) in [4.78, 5) is 12.5. The van der Waals surface area contributed by atoms with Gasteiger partial charge in [0.25, 0.3) is 5.56 Å². The normalized spacial score (nSPS) is 12.8. The Morgan fingerprint density at radius 3 is 2.41 bits per heavy atom. The van der Waals surface area contributed by atoms with E-state index in [2.05, 4.69) is 20.8 Å². The fourth-order valence-electron chi connectivity index (χ4n) is 1.86. The van der Waals surface area contributed by atoms with Crippen LogP contribution >= 0.6 is 12.2 Å². The van der Waals surface area contributed by atoms with E-state index in [4.69, 9.17) is 18.0 Å². The van der Waals surface area contributed by atoms with Crippen molar-refractivity contribution in [2.45, 2.75) is 46.1 Å². The van der Waals surface area contributed by atoms with Gasteiger partial charge < -0.3 is 10.3 Å². The highest BCUT2D eigenvalue weighted by molar-refractivity contribution is 7.80. The molecule has 1 unspecified atom stereocenters. The molecule has 0 saturated heterocycles. The van der Waals surface area contributed by atoms with Crippen molar-refractivity contribution in [3.05, 3.63) is 33.7 Å². The van der Waals surface area contributed by atoms with Gasteiger partial charge in [-0.15, -0.1) is 0 Å². The van der Waals surface area contributed by atoms with Crippen LogP contribution in [0.5, 0.6) is 0 Å². The van der Waals surface area contributed by atoms with E-state index in [0.29, 0.717) is 11.5 Å². The van der Waals surface area contributed by atoms with E-state index in [1.165, 1.54) is 0 Å². The van der Waals surface area contributed by atoms with Gasteiger partial charge in [-0.1, -0.05) is 33.0 Å². The number of rotatable bonds is 4. The number of aromatic nitrogens is 1. The zero-order valence-electron chi connectivity index (χ0n) is 10.9. The molecule has 0 fully saturated rings. The van der Waals surface area contributed by atoms with Crippen molar-refractivity contribution in [1.29, 1.82) is 0 Å². The molecule has 0 aliphatic rings. The quantitative estimate of drug-likeness (QED) is 0.838. The van der Waals surface area contributed by atoms with Gasteiger partial charge in [0.2, 0.25) is 0 Å². The number of nitrogens with zero attached hydrogens (tertiary/aromatic N) is 1. The summed E-state index contributed by atoms with van der Waals surface area (Å²) >= 11 is 4.91. The topological polar surface area (TPSA) is 48.0 Å². The van der Waals surface area contributed by atoms with E-state index in [1.807, 2.05) is 17.6 Å². The molecule has 1 heterocycles. The molecule has 4 heteroatoms. The lowest BCUT2D eigenvalue weighted by Crippen LogP contribution is -2.33. The van der Waals surface area contributed by atoms with Crippen LogP contribution in [0.4, 0.5) is 0 Å². The first kappa shape index (κ1) is 13.9. The fraction of sp³-hybridized carbons (Fsp3) is 0.538. The van der Waals surface area contributed by atoms with Gasteiger partial charge in [0.15, 0.2) is 0 Å². The van der Waals surface area contributed by atoms with Crippen LogP contribution in [0.15, 0.2) is 16.9 Å². The molecule has 0 aromatic carbocycles. The minimum Gasteiger partial charge on any atom is -0.389 e. The molecule has 0 amide bonds. The maximum absolute atomic E-state index is 12.3. The number of hydrogen-bond acceptors (Lipinski definition) is 2. The molecule has 0 radical (unpaired) electrons. The number of pyridine rings is 1. The molecule has 17 heavy (non-hydrogen) atoms.